The van der Waals surface area contributed by atoms with Crippen LogP contribution in [0.25, 0.3) is 0 Å². The Balaban J connectivity index is 1.97. The highest BCUT2D eigenvalue weighted by molar-refractivity contribution is 7.92. The van der Waals surface area contributed by atoms with Crippen LogP contribution in [0.15, 0.2) is 47.4 Å². The molecule has 8 heteroatoms. The van der Waals surface area contributed by atoms with Gasteiger partial charge in [0.1, 0.15) is 5.75 Å². The Morgan fingerprint density at radius 3 is 2.45 bits per heavy atom. The summed E-state index contributed by atoms with van der Waals surface area (Å²) in [7, 11) is -2.45. The average molecular weight is 436 g/mol. The van der Waals surface area contributed by atoms with Gasteiger partial charge in [-0.25, -0.2) is 8.42 Å². The number of nitrogens with zero attached hydrogens (tertiary/aromatic N) is 1. The van der Waals surface area contributed by atoms with Gasteiger partial charge in [-0.05, 0) is 67.3 Å². The van der Waals surface area contributed by atoms with E-state index in [1.165, 1.54) is 24.3 Å². The first-order valence-corrected chi connectivity index (χ1v) is 11.0. The largest absolute Gasteiger partial charge is 0.496 e. The molecular formula is C21H22ClNO5S. The highest BCUT2D eigenvalue weighted by Crippen LogP contribution is 2.25. The summed E-state index contributed by atoms with van der Waals surface area (Å²) in [5.74, 6) is -0.632. The molecule has 154 valence electrons. The van der Waals surface area contributed by atoms with Crippen molar-refractivity contribution in [3.63, 3.8) is 0 Å². The summed E-state index contributed by atoms with van der Waals surface area (Å²) < 4.78 is 30.7. The van der Waals surface area contributed by atoms with Crippen molar-refractivity contribution in [3.8, 4) is 11.8 Å². The quantitative estimate of drug-likeness (QED) is 0.559. The topological polar surface area (TPSA) is 104 Å². The number of hydrogen-bond donors (Lipinski definition) is 1. The van der Waals surface area contributed by atoms with Gasteiger partial charge < -0.3 is 9.84 Å². The van der Waals surface area contributed by atoms with Crippen LogP contribution in [-0.2, 0) is 21.1 Å². The molecule has 0 amide bonds. The lowest BCUT2D eigenvalue weighted by Gasteiger charge is -2.14. The Hall–Kier alpha value is -2.56. The summed E-state index contributed by atoms with van der Waals surface area (Å²) in [6.45, 7) is 0. The van der Waals surface area contributed by atoms with Gasteiger partial charge in [0, 0.05) is 5.02 Å². The number of ether oxygens (including phenoxy) is 1. The molecule has 2 aromatic carbocycles. The predicted molar refractivity (Wildman–Crippen MR) is 110 cm³/mol. The van der Waals surface area contributed by atoms with Gasteiger partial charge in [-0.2, -0.15) is 5.26 Å². The molecule has 6 nitrogen and oxygen atoms in total. The van der Waals surface area contributed by atoms with Crippen molar-refractivity contribution < 1.29 is 23.1 Å². The summed E-state index contributed by atoms with van der Waals surface area (Å²) in [6.07, 6.45) is 2.59. The van der Waals surface area contributed by atoms with Crippen molar-refractivity contribution in [2.75, 3.05) is 7.11 Å². The number of rotatable bonds is 10. The van der Waals surface area contributed by atoms with E-state index in [9.17, 15) is 18.3 Å². The van der Waals surface area contributed by atoms with Gasteiger partial charge in [-0.3, -0.25) is 4.79 Å². The summed E-state index contributed by atoms with van der Waals surface area (Å²) in [5, 5.41) is 17.4. The number of halogens is 1. The third-order valence-corrected chi connectivity index (χ3v) is 6.97. The van der Waals surface area contributed by atoms with Crippen molar-refractivity contribution in [2.24, 2.45) is 0 Å². The number of sulfone groups is 1. The second-order valence-corrected chi connectivity index (χ2v) is 9.13. The van der Waals surface area contributed by atoms with Crippen LogP contribution in [-0.4, -0.2) is 31.9 Å². The molecule has 0 fully saturated rings. The van der Waals surface area contributed by atoms with E-state index in [1.807, 2.05) is 12.1 Å². The normalized spacial score (nSPS) is 12.2. The van der Waals surface area contributed by atoms with E-state index in [2.05, 4.69) is 0 Å². The molecule has 0 aliphatic carbocycles. The molecule has 1 N–H and O–H groups in total. The van der Waals surface area contributed by atoms with E-state index in [1.54, 1.807) is 19.2 Å². The Kier molecular flexibility index (Phi) is 8.06. The third kappa shape index (κ3) is 5.96. The van der Waals surface area contributed by atoms with Crippen molar-refractivity contribution in [3.05, 3.63) is 58.6 Å². The molecule has 1 unspecified atom stereocenters. The lowest BCUT2D eigenvalue weighted by atomic mass is 10.0. The van der Waals surface area contributed by atoms with Gasteiger partial charge in [-0.15, -0.1) is 0 Å². The summed E-state index contributed by atoms with van der Waals surface area (Å²) in [5.41, 5.74) is 1.27. The van der Waals surface area contributed by atoms with Crippen LogP contribution in [0, 0.1) is 11.3 Å². The summed E-state index contributed by atoms with van der Waals surface area (Å²) >= 11 is 6.01. The van der Waals surface area contributed by atoms with Gasteiger partial charge in [0.25, 0.3) is 0 Å². The molecule has 0 aliphatic heterocycles. The third-order valence-electron chi connectivity index (χ3n) is 4.62. The molecule has 0 spiro atoms. The maximum atomic E-state index is 12.7. The number of methoxy groups -OCH3 is 1. The van der Waals surface area contributed by atoms with Crippen LogP contribution < -0.4 is 4.74 Å². The molecule has 1 atom stereocenters. The van der Waals surface area contributed by atoms with E-state index < -0.39 is 21.1 Å². The van der Waals surface area contributed by atoms with E-state index in [-0.39, 0.29) is 11.3 Å². The zero-order valence-corrected chi connectivity index (χ0v) is 17.5. The number of aryl methyl sites for hydroxylation is 1. The minimum Gasteiger partial charge on any atom is -0.496 e. The molecule has 0 bridgehead atoms. The standard InChI is InChI=1S/C21H22ClNO5S/c1-28-19-12-9-17(22)13-16(19)5-3-2-4-6-20(21(24)25)29(26,27)18-10-7-15(14-23)8-11-18/h7-13,20H,2-6H2,1H3,(H,24,25). The van der Waals surface area contributed by atoms with Crippen LogP contribution in [0.5, 0.6) is 5.75 Å². The van der Waals surface area contributed by atoms with Gasteiger partial charge in [0.05, 0.1) is 23.6 Å². The number of unbranched alkanes of at least 4 members (excludes halogenated alkanes) is 2. The van der Waals surface area contributed by atoms with Gasteiger partial charge in [-0.1, -0.05) is 24.4 Å². The van der Waals surface area contributed by atoms with Crippen molar-refractivity contribution in [1.29, 1.82) is 5.26 Å². The maximum absolute atomic E-state index is 12.7. The van der Waals surface area contributed by atoms with Crippen LogP contribution in [0.3, 0.4) is 0 Å². The zero-order chi connectivity index (χ0) is 21.4. The average Bonchev–Trinajstić information content (AvgIpc) is 2.70. The molecule has 0 aromatic heterocycles. The van der Waals surface area contributed by atoms with Crippen LogP contribution >= 0.6 is 11.6 Å². The molecule has 0 aliphatic rings. The second kappa shape index (κ2) is 10.3. The number of aliphatic carboxylic acids is 1. The highest BCUT2D eigenvalue weighted by atomic mass is 35.5. The predicted octanol–water partition coefficient (Wildman–Crippen LogP) is 4.25. The van der Waals surface area contributed by atoms with Crippen LogP contribution in [0.2, 0.25) is 5.02 Å². The van der Waals surface area contributed by atoms with E-state index in [0.717, 1.165) is 17.7 Å². The Labute approximate surface area is 175 Å². The van der Waals surface area contributed by atoms with Gasteiger partial charge in [0.15, 0.2) is 15.1 Å². The fraction of sp³-hybridized carbons (Fsp3) is 0.333. The zero-order valence-electron chi connectivity index (χ0n) is 16.0. The molecule has 2 rings (SSSR count). The Morgan fingerprint density at radius 1 is 1.17 bits per heavy atom. The van der Waals surface area contributed by atoms with Crippen molar-refractivity contribution in [1.82, 2.24) is 0 Å². The SMILES string of the molecule is COc1ccc(Cl)cc1CCCCCC(C(=O)O)S(=O)(=O)c1ccc(C#N)cc1. The minimum absolute atomic E-state index is 0.0182. The van der Waals surface area contributed by atoms with E-state index in [4.69, 9.17) is 21.6 Å². The second-order valence-electron chi connectivity index (χ2n) is 6.56. The molecule has 2 aromatic rings. The molecule has 0 heterocycles. The fourth-order valence-electron chi connectivity index (χ4n) is 3.06. The summed E-state index contributed by atoms with van der Waals surface area (Å²) in [6, 6.07) is 12.5. The molecule has 0 radical (unpaired) electrons. The Morgan fingerprint density at radius 2 is 1.86 bits per heavy atom. The fourth-order valence-corrected chi connectivity index (χ4v) is 4.84. The lowest BCUT2D eigenvalue weighted by Crippen LogP contribution is -2.30. The first-order valence-electron chi connectivity index (χ1n) is 9.09. The molecule has 0 saturated carbocycles. The number of carboxylic acid groups (broad SMARTS) is 1. The molecule has 29 heavy (non-hydrogen) atoms. The van der Waals surface area contributed by atoms with Crippen LogP contribution in [0.1, 0.15) is 36.8 Å². The lowest BCUT2D eigenvalue weighted by molar-refractivity contribution is -0.136. The van der Waals surface area contributed by atoms with Crippen molar-refractivity contribution >= 4 is 27.4 Å². The van der Waals surface area contributed by atoms with Crippen LogP contribution in [0.4, 0.5) is 0 Å². The highest BCUT2D eigenvalue weighted by Gasteiger charge is 2.33. The van der Waals surface area contributed by atoms with E-state index >= 15 is 0 Å². The first kappa shape index (κ1) is 22.7. The van der Waals surface area contributed by atoms with Gasteiger partial charge >= 0.3 is 5.97 Å². The van der Waals surface area contributed by atoms with E-state index in [0.29, 0.717) is 29.8 Å². The minimum atomic E-state index is -4.03. The smallest absolute Gasteiger partial charge is 0.322 e. The molecule has 0 saturated heterocycles. The number of nitriles is 1. The Bertz CT molecular complexity index is 997. The number of hydrogen-bond acceptors (Lipinski definition) is 5. The monoisotopic (exact) mass is 435 g/mol. The van der Waals surface area contributed by atoms with Crippen molar-refractivity contribution in [2.45, 2.75) is 42.2 Å². The number of benzene rings is 2. The first-order chi connectivity index (χ1) is 13.8. The van der Waals surface area contributed by atoms with Gasteiger partial charge in [0.2, 0.25) is 0 Å². The maximum Gasteiger partial charge on any atom is 0.322 e. The summed E-state index contributed by atoms with van der Waals surface area (Å²) in [4.78, 5) is 11.5. The number of carboxylic acids is 1. The number of carbonyl (C=O) groups is 1. The molecular weight excluding hydrogens is 414 g/mol.